The first kappa shape index (κ1) is 55.8. The Kier molecular flexibility index (Phi) is 20.8. The summed E-state index contributed by atoms with van der Waals surface area (Å²) in [5.41, 5.74) is -0.368. The predicted molar refractivity (Wildman–Crippen MR) is 252 cm³/mol. The number of aromatic nitrogens is 2. The van der Waals surface area contributed by atoms with Crippen molar-refractivity contribution in [2.24, 2.45) is 0 Å². The fourth-order valence-corrected chi connectivity index (χ4v) is 8.20. The van der Waals surface area contributed by atoms with Crippen molar-refractivity contribution in [3.8, 4) is 0 Å². The highest BCUT2D eigenvalue weighted by Crippen LogP contribution is 2.41. The van der Waals surface area contributed by atoms with E-state index >= 15 is 0 Å². The van der Waals surface area contributed by atoms with Crippen LogP contribution in [0.25, 0.3) is 0 Å². The lowest BCUT2D eigenvalue weighted by Crippen LogP contribution is -2.49. The summed E-state index contributed by atoms with van der Waals surface area (Å²) in [6.45, 7) is -0.441. The maximum absolute atomic E-state index is 14.5. The van der Waals surface area contributed by atoms with Crippen molar-refractivity contribution >= 4 is 101 Å². The molecule has 1 aliphatic heterocycles. The van der Waals surface area contributed by atoms with E-state index in [1.54, 1.807) is 30.3 Å². The Morgan fingerprint density at radius 3 is 1.52 bits per heavy atom. The summed E-state index contributed by atoms with van der Waals surface area (Å²) < 4.78 is 40.2. The normalized spacial score (nSPS) is 14.4. The Bertz CT molecular complexity index is 2460. The maximum Gasteiger partial charge on any atom is 0.355 e. The number of carbonyl (C=O) groups excluding carboxylic acids is 9. The number of carbonyl (C=O) groups is 9. The Morgan fingerprint density at radius 1 is 0.551 bits per heavy atom. The van der Waals surface area contributed by atoms with Gasteiger partial charge in [-0.15, -0.1) is 0 Å². The molecule has 4 rings (SSSR count). The topological polar surface area (TPSA) is 271 Å². The number of esters is 8. The first-order chi connectivity index (χ1) is 32.7. The number of halogens is 3. The molecule has 23 heteroatoms. The zero-order chi connectivity index (χ0) is 51.1. The lowest BCUT2D eigenvalue weighted by Gasteiger charge is -2.33. The van der Waals surface area contributed by atoms with E-state index in [0.717, 1.165) is 21.3 Å². The van der Waals surface area contributed by atoms with E-state index in [0.29, 0.717) is 5.56 Å². The van der Waals surface area contributed by atoms with Gasteiger partial charge in [-0.1, -0.05) is 78.1 Å². The number of amides is 1. The number of rotatable bonds is 24. The van der Waals surface area contributed by atoms with Crippen LogP contribution in [0.4, 0.5) is 0 Å². The smallest absolute Gasteiger partial charge is 0.355 e. The number of alkyl halides is 3. The van der Waals surface area contributed by atoms with Crippen molar-refractivity contribution in [1.29, 1.82) is 0 Å². The van der Waals surface area contributed by atoms with Gasteiger partial charge in [-0.05, 0) is 52.7 Å². The second-order valence-electron chi connectivity index (χ2n) is 15.5. The highest BCUT2D eigenvalue weighted by atomic mass is 80.0. The first-order valence-corrected chi connectivity index (χ1v) is 23.5. The standard InChI is InChI=1S/C46H52Br3N3O17/c1-62-34(53)15-12-26-30(19-38(57)66-5)41(43(60)68-23-25-10-8-7-9-11-25)50-32(26)21-45(31(20-39(58)67-6)28(42(59)52-45)14-17-36(55)64-3)22-33-29(18-37(56)65-4)27(13-16-35(54)63-2)40(51-33)44(61)69-24-46(47,48)49/h7-11,50-51H,12-24H2,1-6H3,(H,52,59)/t45-/m1/s1. The van der Waals surface area contributed by atoms with E-state index in [4.69, 9.17) is 37.9 Å². The number of ether oxygens (including phenoxy) is 8. The summed E-state index contributed by atoms with van der Waals surface area (Å²) in [5.74, 6) is -6.80. The molecule has 0 radical (unpaired) electrons. The molecule has 20 nitrogen and oxygen atoms in total. The van der Waals surface area contributed by atoms with Crippen LogP contribution in [-0.4, -0.2) is 121 Å². The van der Waals surface area contributed by atoms with Crippen LogP contribution >= 0.6 is 47.8 Å². The maximum atomic E-state index is 14.5. The highest BCUT2D eigenvalue weighted by molar-refractivity contribution is 9.39. The quantitative estimate of drug-likeness (QED) is 0.0617. The molecule has 1 atom stereocenters. The van der Waals surface area contributed by atoms with Gasteiger partial charge in [-0.2, -0.15) is 0 Å². The summed E-state index contributed by atoms with van der Waals surface area (Å²) in [6, 6.07) is 8.78. The monoisotopic (exact) mass is 1160 g/mol. The molecule has 1 aromatic carbocycles. The fourth-order valence-electron chi connectivity index (χ4n) is 7.86. The molecule has 3 N–H and O–H groups in total. The summed E-state index contributed by atoms with van der Waals surface area (Å²) in [5, 5.41) is 3.02. The molecule has 3 heterocycles. The Balaban J connectivity index is 2.11. The third-order valence-corrected chi connectivity index (χ3v) is 11.9. The summed E-state index contributed by atoms with van der Waals surface area (Å²) in [7, 11) is 6.98. The van der Waals surface area contributed by atoms with Gasteiger partial charge in [0.05, 0.1) is 67.5 Å². The highest BCUT2D eigenvalue weighted by Gasteiger charge is 2.48. The minimum absolute atomic E-state index is 0.000620. The molecule has 0 fully saturated rings. The zero-order valence-corrected chi connectivity index (χ0v) is 43.4. The molecule has 0 aliphatic carbocycles. The van der Waals surface area contributed by atoms with E-state index in [-0.39, 0.29) is 121 Å². The van der Waals surface area contributed by atoms with Crippen LogP contribution in [-0.2, 0) is 117 Å². The van der Waals surface area contributed by atoms with E-state index in [9.17, 15) is 43.2 Å². The largest absolute Gasteiger partial charge is 0.469 e. The number of aromatic amines is 2. The SMILES string of the molecule is COC(=O)CCC1=C(CC(=O)OC)[C@](Cc2[nH]c(C(=O)OCC(Br)(Br)Br)c(CCC(=O)OC)c2CC(=O)OC)(Cc2[nH]c(C(=O)OCc3ccccc3)c(CC(=O)OC)c2CCC(=O)OC)NC1=O. The van der Waals surface area contributed by atoms with Crippen molar-refractivity contribution in [2.45, 2.75) is 84.9 Å². The van der Waals surface area contributed by atoms with Crippen molar-refractivity contribution < 1.29 is 81.0 Å². The minimum atomic E-state index is -1.79. The molecule has 0 saturated carbocycles. The van der Waals surface area contributed by atoms with E-state index < -0.39 is 80.6 Å². The first-order valence-electron chi connectivity index (χ1n) is 21.1. The zero-order valence-electron chi connectivity index (χ0n) is 38.7. The molecule has 2 aromatic heterocycles. The Morgan fingerprint density at radius 2 is 1.00 bits per heavy atom. The molecule has 0 spiro atoms. The third-order valence-electron chi connectivity index (χ3n) is 11.2. The van der Waals surface area contributed by atoms with Gasteiger partial charge in [-0.3, -0.25) is 33.6 Å². The second-order valence-corrected chi connectivity index (χ2v) is 22.7. The molecule has 0 saturated heterocycles. The van der Waals surface area contributed by atoms with Gasteiger partial charge in [0.25, 0.3) is 0 Å². The lowest BCUT2D eigenvalue weighted by molar-refractivity contribution is -0.141. The number of nitrogens with one attached hydrogen (secondary N) is 3. The molecular formula is C46H52Br3N3O17. The third kappa shape index (κ3) is 15.3. The van der Waals surface area contributed by atoms with Gasteiger partial charge in [0.1, 0.15) is 24.6 Å². The molecule has 1 aliphatic rings. The summed E-state index contributed by atoms with van der Waals surface area (Å²) >= 11 is 9.88. The van der Waals surface area contributed by atoms with Crippen LogP contribution in [0.3, 0.4) is 0 Å². The van der Waals surface area contributed by atoms with Crippen molar-refractivity contribution in [1.82, 2.24) is 15.3 Å². The van der Waals surface area contributed by atoms with E-state index in [1.807, 2.05) is 0 Å². The van der Waals surface area contributed by atoms with Gasteiger partial charge in [0, 0.05) is 49.1 Å². The predicted octanol–water partition coefficient (Wildman–Crippen LogP) is 4.80. The number of methoxy groups -OCH3 is 6. The molecule has 1 amide bonds. The van der Waals surface area contributed by atoms with Crippen LogP contribution in [0.15, 0.2) is 41.5 Å². The lowest BCUT2D eigenvalue weighted by atomic mass is 9.77. The van der Waals surface area contributed by atoms with Crippen LogP contribution in [0.2, 0.25) is 0 Å². The summed E-state index contributed by atoms with van der Waals surface area (Å²) in [4.78, 5) is 126. The molecule has 0 unspecified atom stereocenters. The Hall–Kier alpha value is -5.81. The van der Waals surface area contributed by atoms with Gasteiger partial charge in [0.2, 0.25) is 5.91 Å². The Labute approximate surface area is 421 Å². The molecule has 69 heavy (non-hydrogen) atoms. The number of benzene rings is 1. The van der Waals surface area contributed by atoms with Crippen molar-refractivity contribution in [3.63, 3.8) is 0 Å². The minimum Gasteiger partial charge on any atom is -0.469 e. The number of hydrogen-bond donors (Lipinski definition) is 3. The van der Waals surface area contributed by atoms with Crippen LogP contribution in [0.1, 0.15) is 92.3 Å². The number of hydrogen-bond acceptors (Lipinski definition) is 17. The van der Waals surface area contributed by atoms with Gasteiger partial charge in [-0.25, -0.2) is 9.59 Å². The molecular weight excluding hydrogens is 1110 g/mol. The van der Waals surface area contributed by atoms with Crippen molar-refractivity contribution in [2.75, 3.05) is 49.3 Å². The fraction of sp³-hybridized carbons (Fsp3) is 0.457. The van der Waals surface area contributed by atoms with Crippen LogP contribution in [0.5, 0.6) is 0 Å². The van der Waals surface area contributed by atoms with Crippen LogP contribution in [0, 0.1) is 0 Å². The average Bonchev–Trinajstić information content (AvgIpc) is 3.93. The van der Waals surface area contributed by atoms with Crippen molar-refractivity contribution in [3.05, 3.63) is 92.1 Å². The average molecular weight is 1160 g/mol. The number of H-pyrrole nitrogens is 2. The summed E-state index contributed by atoms with van der Waals surface area (Å²) in [6.07, 6.45) is -3.56. The molecule has 374 valence electrons. The van der Waals surface area contributed by atoms with E-state index in [1.165, 1.54) is 21.3 Å². The molecule has 0 bridgehead atoms. The van der Waals surface area contributed by atoms with E-state index in [2.05, 4.69) is 63.1 Å². The van der Waals surface area contributed by atoms with Gasteiger partial charge >= 0.3 is 47.8 Å². The molecule has 3 aromatic rings. The van der Waals surface area contributed by atoms with Crippen LogP contribution < -0.4 is 5.32 Å². The van der Waals surface area contributed by atoms with Gasteiger partial charge in [0.15, 0.2) is 2.14 Å². The van der Waals surface area contributed by atoms with Gasteiger partial charge < -0.3 is 53.2 Å². The second kappa shape index (κ2) is 25.7.